The Kier molecular flexibility index (Phi) is 4.02. The van der Waals surface area contributed by atoms with Crippen molar-refractivity contribution >= 4 is 17.7 Å². The van der Waals surface area contributed by atoms with Crippen LogP contribution in [0.1, 0.15) is 23.2 Å². The second kappa shape index (κ2) is 5.73. The SMILES string of the molecule is C=CCN(C(=O)Nc1ccc(C(=O)O)cc1F)C1CC1. The van der Waals surface area contributed by atoms with E-state index in [9.17, 15) is 14.0 Å². The van der Waals surface area contributed by atoms with Gasteiger partial charge in [-0.3, -0.25) is 0 Å². The highest BCUT2D eigenvalue weighted by Crippen LogP contribution is 2.27. The molecule has 1 aromatic carbocycles. The second-order valence-electron chi connectivity index (χ2n) is 4.60. The van der Waals surface area contributed by atoms with Crippen molar-refractivity contribution in [2.45, 2.75) is 18.9 Å². The van der Waals surface area contributed by atoms with Crippen molar-refractivity contribution in [2.24, 2.45) is 0 Å². The lowest BCUT2D eigenvalue weighted by Gasteiger charge is -2.21. The maximum atomic E-state index is 13.7. The van der Waals surface area contributed by atoms with E-state index in [0.717, 1.165) is 18.9 Å². The molecule has 1 aliphatic carbocycles. The molecule has 0 spiro atoms. The minimum absolute atomic E-state index is 0.0327. The number of carbonyl (C=O) groups is 2. The maximum Gasteiger partial charge on any atom is 0.335 e. The van der Waals surface area contributed by atoms with E-state index in [2.05, 4.69) is 11.9 Å². The first-order valence-electron chi connectivity index (χ1n) is 6.24. The Morgan fingerprint density at radius 3 is 2.70 bits per heavy atom. The molecule has 2 N–H and O–H groups in total. The van der Waals surface area contributed by atoms with E-state index in [1.165, 1.54) is 12.1 Å². The van der Waals surface area contributed by atoms with E-state index < -0.39 is 17.8 Å². The Balaban J connectivity index is 2.10. The number of carboxylic acid groups (broad SMARTS) is 1. The van der Waals surface area contributed by atoms with E-state index >= 15 is 0 Å². The monoisotopic (exact) mass is 278 g/mol. The molecule has 20 heavy (non-hydrogen) atoms. The van der Waals surface area contributed by atoms with Crippen molar-refractivity contribution in [3.05, 3.63) is 42.2 Å². The van der Waals surface area contributed by atoms with Crippen molar-refractivity contribution < 1.29 is 19.1 Å². The molecule has 0 bridgehead atoms. The molecular formula is C14H15FN2O3. The van der Waals surface area contributed by atoms with Crippen molar-refractivity contribution in [1.82, 2.24) is 4.90 Å². The van der Waals surface area contributed by atoms with Crippen LogP contribution in [0.25, 0.3) is 0 Å². The van der Waals surface area contributed by atoms with Crippen LogP contribution in [0.4, 0.5) is 14.9 Å². The van der Waals surface area contributed by atoms with Gasteiger partial charge in [-0.2, -0.15) is 0 Å². The lowest BCUT2D eigenvalue weighted by Crippen LogP contribution is -2.37. The predicted octanol–water partition coefficient (Wildman–Crippen LogP) is 2.71. The van der Waals surface area contributed by atoms with Crippen LogP contribution in [0.5, 0.6) is 0 Å². The summed E-state index contributed by atoms with van der Waals surface area (Å²) >= 11 is 0. The van der Waals surface area contributed by atoms with Gasteiger partial charge in [-0.1, -0.05) is 6.08 Å². The minimum Gasteiger partial charge on any atom is -0.478 e. The number of aromatic carboxylic acids is 1. The van der Waals surface area contributed by atoms with Crippen molar-refractivity contribution in [2.75, 3.05) is 11.9 Å². The highest BCUT2D eigenvalue weighted by Gasteiger charge is 2.32. The summed E-state index contributed by atoms with van der Waals surface area (Å²) in [6, 6.07) is 3.14. The zero-order valence-corrected chi connectivity index (χ0v) is 10.8. The molecule has 1 aliphatic rings. The van der Waals surface area contributed by atoms with Crippen molar-refractivity contribution in [3.8, 4) is 0 Å². The summed E-state index contributed by atoms with van der Waals surface area (Å²) in [6.45, 7) is 3.98. The van der Waals surface area contributed by atoms with E-state index in [4.69, 9.17) is 5.11 Å². The van der Waals surface area contributed by atoms with Crippen LogP contribution in [0.15, 0.2) is 30.9 Å². The van der Waals surface area contributed by atoms with Gasteiger partial charge in [-0.05, 0) is 31.0 Å². The van der Waals surface area contributed by atoms with E-state index in [1.54, 1.807) is 11.0 Å². The summed E-state index contributed by atoms with van der Waals surface area (Å²) < 4.78 is 13.7. The fourth-order valence-corrected chi connectivity index (χ4v) is 1.86. The highest BCUT2D eigenvalue weighted by atomic mass is 19.1. The number of urea groups is 1. The molecule has 1 aromatic rings. The van der Waals surface area contributed by atoms with Gasteiger partial charge in [0.1, 0.15) is 5.82 Å². The van der Waals surface area contributed by atoms with Gasteiger partial charge in [0, 0.05) is 12.6 Å². The number of benzene rings is 1. The third kappa shape index (κ3) is 3.14. The molecule has 0 saturated heterocycles. The second-order valence-corrected chi connectivity index (χ2v) is 4.60. The van der Waals surface area contributed by atoms with Crippen LogP contribution >= 0.6 is 0 Å². The number of hydrogen-bond donors (Lipinski definition) is 2. The molecule has 0 unspecified atom stereocenters. The zero-order valence-electron chi connectivity index (χ0n) is 10.8. The van der Waals surface area contributed by atoms with Crippen LogP contribution in [0.2, 0.25) is 0 Å². The highest BCUT2D eigenvalue weighted by molar-refractivity contribution is 5.92. The van der Waals surface area contributed by atoms with Crippen molar-refractivity contribution in [1.29, 1.82) is 0 Å². The Hall–Kier alpha value is -2.37. The standard InChI is InChI=1S/C14H15FN2O3/c1-2-7-17(10-4-5-10)14(20)16-12-6-3-9(13(18)19)8-11(12)15/h2-3,6,8,10H,1,4-5,7H2,(H,16,20)(H,18,19). The Morgan fingerprint density at radius 1 is 1.50 bits per heavy atom. The minimum atomic E-state index is -1.21. The van der Waals surface area contributed by atoms with Crippen LogP contribution in [0, 0.1) is 5.82 Å². The fourth-order valence-electron chi connectivity index (χ4n) is 1.86. The molecule has 0 atom stereocenters. The summed E-state index contributed by atoms with van der Waals surface area (Å²) in [4.78, 5) is 24.3. The number of rotatable bonds is 5. The molecule has 0 radical (unpaired) electrons. The van der Waals surface area contributed by atoms with Gasteiger partial charge >= 0.3 is 12.0 Å². The number of carboxylic acids is 1. The summed E-state index contributed by atoms with van der Waals surface area (Å²) in [7, 11) is 0. The van der Waals surface area contributed by atoms with Crippen LogP contribution in [-0.4, -0.2) is 34.6 Å². The van der Waals surface area contributed by atoms with E-state index in [1.807, 2.05) is 0 Å². The molecule has 2 amide bonds. The molecular weight excluding hydrogens is 263 g/mol. The van der Waals surface area contributed by atoms with Crippen LogP contribution < -0.4 is 5.32 Å². The zero-order chi connectivity index (χ0) is 14.7. The van der Waals surface area contributed by atoms with Gasteiger partial charge in [0.15, 0.2) is 0 Å². The van der Waals surface area contributed by atoms with Crippen LogP contribution in [-0.2, 0) is 0 Å². The first-order chi connectivity index (χ1) is 9.52. The predicted molar refractivity (Wildman–Crippen MR) is 72.3 cm³/mol. The van der Waals surface area contributed by atoms with E-state index in [-0.39, 0.29) is 17.3 Å². The lowest BCUT2D eigenvalue weighted by molar-refractivity contribution is 0.0696. The number of halogens is 1. The number of hydrogen-bond acceptors (Lipinski definition) is 2. The third-order valence-electron chi connectivity index (χ3n) is 3.03. The summed E-state index contributed by atoms with van der Waals surface area (Å²) in [5, 5.41) is 11.2. The normalized spacial score (nSPS) is 13.7. The summed E-state index contributed by atoms with van der Waals surface area (Å²) in [6.07, 6.45) is 3.48. The first-order valence-corrected chi connectivity index (χ1v) is 6.24. The molecule has 1 fully saturated rings. The Bertz CT molecular complexity index is 555. The van der Waals surface area contributed by atoms with Gasteiger partial charge in [-0.15, -0.1) is 6.58 Å². The largest absolute Gasteiger partial charge is 0.478 e. The lowest BCUT2D eigenvalue weighted by atomic mass is 10.2. The van der Waals surface area contributed by atoms with Gasteiger partial charge in [0.25, 0.3) is 0 Å². The number of nitrogens with zero attached hydrogens (tertiary/aromatic N) is 1. The number of anilines is 1. The molecule has 0 heterocycles. The van der Waals surface area contributed by atoms with E-state index in [0.29, 0.717) is 6.54 Å². The number of carbonyl (C=O) groups excluding carboxylic acids is 1. The molecule has 1 saturated carbocycles. The van der Waals surface area contributed by atoms with Crippen molar-refractivity contribution in [3.63, 3.8) is 0 Å². The maximum absolute atomic E-state index is 13.7. The third-order valence-corrected chi connectivity index (χ3v) is 3.03. The van der Waals surface area contributed by atoms with Gasteiger partial charge in [0.05, 0.1) is 11.3 Å². The molecule has 0 aromatic heterocycles. The summed E-state index contributed by atoms with van der Waals surface area (Å²) in [5.74, 6) is -1.99. The average molecular weight is 278 g/mol. The molecule has 2 rings (SSSR count). The fraction of sp³-hybridized carbons (Fsp3) is 0.286. The Morgan fingerprint density at radius 2 is 2.20 bits per heavy atom. The molecule has 106 valence electrons. The summed E-state index contributed by atoms with van der Waals surface area (Å²) in [5.41, 5.74) is -0.194. The molecule has 6 heteroatoms. The van der Waals surface area contributed by atoms with Gasteiger partial charge in [-0.25, -0.2) is 14.0 Å². The number of amides is 2. The van der Waals surface area contributed by atoms with Gasteiger partial charge in [0.2, 0.25) is 0 Å². The smallest absolute Gasteiger partial charge is 0.335 e. The van der Waals surface area contributed by atoms with Gasteiger partial charge < -0.3 is 15.3 Å². The average Bonchev–Trinajstić information content (AvgIpc) is 3.22. The van der Waals surface area contributed by atoms with Crippen LogP contribution in [0.3, 0.4) is 0 Å². The topological polar surface area (TPSA) is 69.6 Å². The molecule has 0 aliphatic heterocycles. The Labute approximate surface area is 115 Å². The quantitative estimate of drug-likeness (QED) is 0.814. The number of nitrogens with one attached hydrogen (secondary N) is 1. The molecule has 5 nitrogen and oxygen atoms in total. The first kappa shape index (κ1) is 14.0.